The number of amides is 2. The van der Waals surface area contributed by atoms with Gasteiger partial charge >= 0.3 is 0 Å². The first-order valence-electron chi connectivity index (χ1n) is 6.31. The highest BCUT2D eigenvalue weighted by Gasteiger charge is 2.30. The molecule has 1 aromatic carbocycles. The van der Waals surface area contributed by atoms with Crippen molar-refractivity contribution in [2.45, 2.75) is 33.6 Å². The third-order valence-corrected chi connectivity index (χ3v) is 3.22. The van der Waals surface area contributed by atoms with Gasteiger partial charge in [-0.25, -0.2) is 0 Å². The second-order valence-corrected chi connectivity index (χ2v) is 6.00. The van der Waals surface area contributed by atoms with Crippen molar-refractivity contribution in [3.8, 4) is 0 Å². The number of nitrogens with zero attached hydrogens (tertiary/aromatic N) is 1. The van der Waals surface area contributed by atoms with Gasteiger partial charge in [0.15, 0.2) is 0 Å². The number of hydrogen-bond acceptors (Lipinski definition) is 2. The van der Waals surface area contributed by atoms with E-state index < -0.39 is 0 Å². The molecule has 0 aromatic heterocycles. The van der Waals surface area contributed by atoms with Crippen LogP contribution in [0, 0.1) is 5.41 Å². The minimum absolute atomic E-state index is 0.0806. The molecule has 1 heterocycles. The maximum Gasteiger partial charge on any atom is 0.260 e. The minimum atomic E-state index is -0.147. The molecular weight excluding hydrogens is 226 g/mol. The van der Waals surface area contributed by atoms with Crippen LogP contribution in [-0.4, -0.2) is 23.3 Å². The topological polar surface area (TPSA) is 37.4 Å². The van der Waals surface area contributed by atoms with Crippen LogP contribution in [0.25, 0.3) is 0 Å². The molecule has 96 valence electrons. The summed E-state index contributed by atoms with van der Waals surface area (Å²) in [6.45, 7) is 6.84. The van der Waals surface area contributed by atoms with Gasteiger partial charge in [-0.05, 0) is 23.5 Å². The smallest absolute Gasteiger partial charge is 0.260 e. The van der Waals surface area contributed by atoms with Crippen molar-refractivity contribution in [3.63, 3.8) is 0 Å². The molecule has 0 saturated heterocycles. The van der Waals surface area contributed by atoms with Gasteiger partial charge in [-0.3, -0.25) is 14.5 Å². The van der Waals surface area contributed by atoms with Crippen molar-refractivity contribution in [1.82, 2.24) is 4.90 Å². The zero-order valence-corrected chi connectivity index (χ0v) is 11.2. The van der Waals surface area contributed by atoms with Crippen LogP contribution in [0.2, 0.25) is 0 Å². The van der Waals surface area contributed by atoms with Crippen LogP contribution >= 0.6 is 0 Å². The van der Waals surface area contributed by atoms with Crippen molar-refractivity contribution >= 4 is 11.8 Å². The standard InChI is InChI=1S/C15H19NO2/c1-15(2,3)8-9-16-13(17)10-11-6-4-5-7-12(11)14(16)18/h4-7H,8-10H2,1-3H3. The van der Waals surface area contributed by atoms with Crippen molar-refractivity contribution in [1.29, 1.82) is 0 Å². The number of carbonyl (C=O) groups is 2. The van der Waals surface area contributed by atoms with E-state index in [1.54, 1.807) is 6.07 Å². The van der Waals surface area contributed by atoms with Crippen LogP contribution in [0.15, 0.2) is 24.3 Å². The Labute approximate surface area is 108 Å². The molecule has 3 nitrogen and oxygen atoms in total. The van der Waals surface area contributed by atoms with Gasteiger partial charge in [0.1, 0.15) is 0 Å². The van der Waals surface area contributed by atoms with Gasteiger partial charge in [-0.15, -0.1) is 0 Å². The molecule has 18 heavy (non-hydrogen) atoms. The van der Waals surface area contributed by atoms with Gasteiger partial charge in [-0.1, -0.05) is 39.0 Å². The van der Waals surface area contributed by atoms with Crippen molar-refractivity contribution in [3.05, 3.63) is 35.4 Å². The van der Waals surface area contributed by atoms with E-state index in [4.69, 9.17) is 0 Å². The van der Waals surface area contributed by atoms with Gasteiger partial charge in [0.05, 0.1) is 6.42 Å². The maximum absolute atomic E-state index is 12.2. The molecule has 0 unspecified atom stereocenters. The first-order chi connectivity index (χ1) is 8.38. The highest BCUT2D eigenvalue weighted by Crippen LogP contribution is 2.23. The second-order valence-electron chi connectivity index (χ2n) is 6.00. The highest BCUT2D eigenvalue weighted by atomic mass is 16.2. The third-order valence-electron chi connectivity index (χ3n) is 3.22. The zero-order valence-electron chi connectivity index (χ0n) is 11.2. The van der Waals surface area contributed by atoms with Gasteiger partial charge in [0, 0.05) is 12.1 Å². The number of rotatable bonds is 2. The Bertz CT molecular complexity index is 486. The number of fused-ring (bicyclic) bond motifs is 1. The molecular formula is C15H19NO2. The molecule has 2 amide bonds. The average molecular weight is 245 g/mol. The lowest BCUT2D eigenvalue weighted by Gasteiger charge is -2.29. The van der Waals surface area contributed by atoms with E-state index in [0.717, 1.165) is 12.0 Å². The summed E-state index contributed by atoms with van der Waals surface area (Å²) in [4.78, 5) is 25.6. The largest absolute Gasteiger partial charge is 0.278 e. The summed E-state index contributed by atoms with van der Waals surface area (Å²) in [5.74, 6) is -0.228. The van der Waals surface area contributed by atoms with E-state index in [2.05, 4.69) is 20.8 Å². The molecule has 0 bridgehead atoms. The number of benzene rings is 1. The van der Waals surface area contributed by atoms with Crippen LogP contribution in [0.4, 0.5) is 0 Å². The van der Waals surface area contributed by atoms with Crippen LogP contribution in [-0.2, 0) is 11.2 Å². The summed E-state index contributed by atoms with van der Waals surface area (Å²) >= 11 is 0. The molecule has 0 fully saturated rings. The molecule has 0 radical (unpaired) electrons. The molecule has 0 saturated carbocycles. The van der Waals surface area contributed by atoms with E-state index >= 15 is 0 Å². The normalized spacial score (nSPS) is 15.8. The van der Waals surface area contributed by atoms with E-state index in [1.165, 1.54) is 4.90 Å². The number of imide groups is 1. The predicted molar refractivity (Wildman–Crippen MR) is 70.3 cm³/mol. The summed E-state index contributed by atoms with van der Waals surface area (Å²) in [5, 5.41) is 0. The lowest BCUT2D eigenvalue weighted by atomic mass is 9.91. The van der Waals surface area contributed by atoms with E-state index in [0.29, 0.717) is 18.5 Å². The predicted octanol–water partition coefficient (Wildman–Crippen LogP) is 2.65. The van der Waals surface area contributed by atoms with Gasteiger partial charge in [0.2, 0.25) is 5.91 Å². The Kier molecular flexibility index (Phi) is 3.24. The van der Waals surface area contributed by atoms with Crippen LogP contribution < -0.4 is 0 Å². The van der Waals surface area contributed by atoms with Crippen LogP contribution in [0.5, 0.6) is 0 Å². The fourth-order valence-corrected chi connectivity index (χ4v) is 2.07. The Morgan fingerprint density at radius 2 is 1.83 bits per heavy atom. The van der Waals surface area contributed by atoms with Gasteiger partial charge < -0.3 is 0 Å². The average Bonchev–Trinajstić information content (AvgIpc) is 2.27. The lowest BCUT2D eigenvalue weighted by Crippen LogP contribution is -2.43. The molecule has 2 rings (SSSR count). The van der Waals surface area contributed by atoms with Crippen LogP contribution in [0.3, 0.4) is 0 Å². The number of hydrogen-bond donors (Lipinski definition) is 0. The van der Waals surface area contributed by atoms with Gasteiger partial charge in [-0.2, -0.15) is 0 Å². The minimum Gasteiger partial charge on any atom is -0.278 e. The molecule has 1 aromatic rings. The quantitative estimate of drug-likeness (QED) is 0.751. The van der Waals surface area contributed by atoms with Crippen LogP contribution in [0.1, 0.15) is 43.1 Å². The van der Waals surface area contributed by atoms with E-state index in [1.807, 2.05) is 18.2 Å². The summed E-state index contributed by atoms with van der Waals surface area (Å²) in [6, 6.07) is 7.36. The highest BCUT2D eigenvalue weighted by molar-refractivity contribution is 6.09. The first kappa shape index (κ1) is 12.8. The molecule has 3 heteroatoms. The Morgan fingerprint density at radius 1 is 1.17 bits per heavy atom. The lowest BCUT2D eigenvalue weighted by molar-refractivity contribution is -0.128. The summed E-state index contributed by atoms with van der Waals surface area (Å²) in [7, 11) is 0. The summed E-state index contributed by atoms with van der Waals surface area (Å²) in [5.41, 5.74) is 1.64. The molecule has 0 spiro atoms. The fraction of sp³-hybridized carbons (Fsp3) is 0.467. The second kappa shape index (κ2) is 4.56. The summed E-state index contributed by atoms with van der Waals surface area (Å²) in [6.07, 6.45) is 1.17. The van der Waals surface area contributed by atoms with E-state index in [9.17, 15) is 9.59 Å². The monoisotopic (exact) mass is 245 g/mol. The fourth-order valence-electron chi connectivity index (χ4n) is 2.07. The van der Waals surface area contributed by atoms with E-state index in [-0.39, 0.29) is 17.2 Å². The molecule has 0 aliphatic carbocycles. The maximum atomic E-state index is 12.2. The number of carbonyl (C=O) groups excluding carboxylic acids is 2. The Hall–Kier alpha value is -1.64. The molecule has 0 N–H and O–H groups in total. The van der Waals surface area contributed by atoms with Crippen molar-refractivity contribution < 1.29 is 9.59 Å². The molecule has 1 aliphatic rings. The van der Waals surface area contributed by atoms with Gasteiger partial charge in [0.25, 0.3) is 5.91 Å². The van der Waals surface area contributed by atoms with Crippen molar-refractivity contribution in [2.24, 2.45) is 5.41 Å². The molecule has 1 aliphatic heterocycles. The SMILES string of the molecule is CC(C)(C)CCN1C(=O)Cc2ccccc2C1=O. The Balaban J connectivity index is 2.19. The third kappa shape index (κ3) is 2.61. The molecule has 0 atom stereocenters. The summed E-state index contributed by atoms with van der Waals surface area (Å²) < 4.78 is 0. The Morgan fingerprint density at radius 3 is 2.50 bits per heavy atom. The zero-order chi connectivity index (χ0) is 13.3. The first-order valence-corrected chi connectivity index (χ1v) is 6.31. The van der Waals surface area contributed by atoms with Crippen molar-refractivity contribution in [2.75, 3.05) is 6.54 Å².